The Hall–Kier alpha value is -1.75. The van der Waals surface area contributed by atoms with Crippen LogP contribution in [0.5, 0.6) is 0 Å². The molecule has 0 aliphatic carbocycles. The smallest absolute Gasteiger partial charge is 0.328 e. The lowest BCUT2D eigenvalue weighted by molar-refractivity contribution is -0.143. The number of anilines is 1. The van der Waals surface area contributed by atoms with Crippen molar-refractivity contribution in [1.29, 1.82) is 0 Å². The van der Waals surface area contributed by atoms with Crippen LogP contribution in [0, 0.1) is 5.92 Å². The minimum absolute atomic E-state index is 0.233. The standard InChI is InChI=1S/C14H19ClN2O3/c1-8(2)6-12(14(19)20-3)17-13(18)10-7-9(15)4-5-11(10)16/h4-5,7-8,12H,6,16H2,1-3H3,(H,17,18). The quantitative estimate of drug-likeness (QED) is 0.645. The van der Waals surface area contributed by atoms with Gasteiger partial charge in [0, 0.05) is 10.7 Å². The number of ether oxygens (including phenoxy) is 1. The lowest BCUT2D eigenvalue weighted by Crippen LogP contribution is -2.42. The molecule has 1 amide bonds. The maximum atomic E-state index is 12.2. The first-order valence-corrected chi connectivity index (χ1v) is 6.66. The molecule has 0 saturated carbocycles. The Morgan fingerprint density at radius 2 is 2.05 bits per heavy atom. The van der Waals surface area contributed by atoms with Crippen LogP contribution in [0.4, 0.5) is 5.69 Å². The van der Waals surface area contributed by atoms with E-state index in [4.69, 9.17) is 22.1 Å². The SMILES string of the molecule is COC(=O)C(CC(C)C)NC(=O)c1cc(Cl)ccc1N. The topological polar surface area (TPSA) is 81.4 Å². The highest BCUT2D eigenvalue weighted by Crippen LogP contribution is 2.18. The summed E-state index contributed by atoms with van der Waals surface area (Å²) in [5.41, 5.74) is 6.29. The van der Waals surface area contributed by atoms with Crippen molar-refractivity contribution >= 4 is 29.2 Å². The maximum absolute atomic E-state index is 12.2. The van der Waals surface area contributed by atoms with Crippen molar-refractivity contribution in [2.24, 2.45) is 5.92 Å². The van der Waals surface area contributed by atoms with E-state index < -0.39 is 17.9 Å². The van der Waals surface area contributed by atoms with E-state index in [2.05, 4.69) is 5.32 Å². The molecule has 1 unspecified atom stereocenters. The Labute approximate surface area is 123 Å². The van der Waals surface area contributed by atoms with Crippen molar-refractivity contribution in [3.8, 4) is 0 Å². The number of nitrogens with one attached hydrogen (secondary N) is 1. The van der Waals surface area contributed by atoms with Crippen LogP contribution in [-0.4, -0.2) is 25.0 Å². The number of rotatable bonds is 5. The van der Waals surface area contributed by atoms with Crippen LogP contribution >= 0.6 is 11.6 Å². The Balaban J connectivity index is 2.90. The molecule has 1 aromatic rings. The highest BCUT2D eigenvalue weighted by Gasteiger charge is 2.24. The predicted molar refractivity (Wildman–Crippen MR) is 78.6 cm³/mol. The predicted octanol–water partition coefficient (Wildman–Crippen LogP) is 2.24. The highest BCUT2D eigenvalue weighted by molar-refractivity contribution is 6.31. The number of esters is 1. The van der Waals surface area contributed by atoms with Gasteiger partial charge in [0.2, 0.25) is 0 Å². The first-order valence-electron chi connectivity index (χ1n) is 6.28. The summed E-state index contributed by atoms with van der Waals surface area (Å²) in [7, 11) is 1.29. The monoisotopic (exact) mass is 298 g/mol. The fourth-order valence-corrected chi connectivity index (χ4v) is 1.96. The zero-order valence-electron chi connectivity index (χ0n) is 11.8. The summed E-state index contributed by atoms with van der Waals surface area (Å²) in [6.45, 7) is 3.91. The zero-order chi connectivity index (χ0) is 15.3. The number of carbonyl (C=O) groups excluding carboxylic acids is 2. The molecule has 1 aromatic carbocycles. The van der Waals surface area contributed by atoms with Crippen LogP contribution in [-0.2, 0) is 9.53 Å². The summed E-state index contributed by atoms with van der Waals surface area (Å²) >= 11 is 5.84. The zero-order valence-corrected chi connectivity index (χ0v) is 12.5. The van der Waals surface area contributed by atoms with Gasteiger partial charge in [-0.3, -0.25) is 4.79 Å². The summed E-state index contributed by atoms with van der Waals surface area (Å²) in [5.74, 6) is -0.690. The summed E-state index contributed by atoms with van der Waals surface area (Å²) in [6.07, 6.45) is 0.485. The average molecular weight is 299 g/mol. The molecular weight excluding hydrogens is 280 g/mol. The molecule has 1 rings (SSSR count). The lowest BCUT2D eigenvalue weighted by Gasteiger charge is -2.18. The normalized spacial score (nSPS) is 12.1. The molecule has 0 aliphatic heterocycles. The summed E-state index contributed by atoms with van der Waals surface area (Å²) < 4.78 is 4.69. The van der Waals surface area contributed by atoms with E-state index in [1.165, 1.54) is 13.2 Å². The number of nitrogen functional groups attached to an aromatic ring is 1. The van der Waals surface area contributed by atoms with E-state index in [9.17, 15) is 9.59 Å². The first kappa shape index (κ1) is 16.3. The molecule has 0 bridgehead atoms. The lowest BCUT2D eigenvalue weighted by atomic mass is 10.0. The van der Waals surface area contributed by atoms with Crippen molar-refractivity contribution in [1.82, 2.24) is 5.32 Å². The fraction of sp³-hybridized carbons (Fsp3) is 0.429. The largest absolute Gasteiger partial charge is 0.467 e. The van der Waals surface area contributed by atoms with Crippen molar-refractivity contribution in [2.75, 3.05) is 12.8 Å². The number of amides is 1. The van der Waals surface area contributed by atoms with Crippen LogP contribution in [0.3, 0.4) is 0 Å². The van der Waals surface area contributed by atoms with Gasteiger partial charge in [-0.25, -0.2) is 4.79 Å². The molecule has 0 saturated heterocycles. The molecule has 0 heterocycles. The van der Waals surface area contributed by atoms with Crippen LogP contribution in [0.2, 0.25) is 5.02 Å². The Bertz CT molecular complexity index is 503. The number of hydrogen-bond acceptors (Lipinski definition) is 4. The van der Waals surface area contributed by atoms with Crippen molar-refractivity contribution in [3.05, 3.63) is 28.8 Å². The number of hydrogen-bond donors (Lipinski definition) is 2. The van der Waals surface area contributed by atoms with Gasteiger partial charge in [0.15, 0.2) is 0 Å². The number of methoxy groups -OCH3 is 1. The third-order valence-corrected chi connectivity index (χ3v) is 2.99. The average Bonchev–Trinajstić information content (AvgIpc) is 2.39. The van der Waals surface area contributed by atoms with Gasteiger partial charge in [-0.15, -0.1) is 0 Å². The second-order valence-electron chi connectivity index (χ2n) is 4.91. The second-order valence-corrected chi connectivity index (χ2v) is 5.35. The third-order valence-electron chi connectivity index (χ3n) is 2.76. The molecule has 0 fully saturated rings. The number of halogens is 1. The molecule has 0 radical (unpaired) electrons. The minimum atomic E-state index is -0.703. The Morgan fingerprint density at radius 3 is 2.60 bits per heavy atom. The van der Waals surface area contributed by atoms with Crippen molar-refractivity contribution in [2.45, 2.75) is 26.3 Å². The molecule has 6 heteroatoms. The molecule has 20 heavy (non-hydrogen) atoms. The van der Waals surface area contributed by atoms with E-state index in [0.29, 0.717) is 17.1 Å². The second kappa shape index (κ2) is 7.14. The number of carbonyl (C=O) groups is 2. The van der Waals surface area contributed by atoms with Gasteiger partial charge in [-0.2, -0.15) is 0 Å². The van der Waals surface area contributed by atoms with E-state index >= 15 is 0 Å². The van der Waals surface area contributed by atoms with Gasteiger partial charge in [-0.1, -0.05) is 25.4 Å². The van der Waals surface area contributed by atoms with Gasteiger partial charge in [-0.05, 0) is 30.5 Å². The molecule has 0 aliphatic rings. The van der Waals surface area contributed by atoms with Crippen molar-refractivity contribution in [3.63, 3.8) is 0 Å². The van der Waals surface area contributed by atoms with Gasteiger partial charge in [0.1, 0.15) is 6.04 Å². The van der Waals surface area contributed by atoms with Crippen LogP contribution in [0.1, 0.15) is 30.6 Å². The molecule has 5 nitrogen and oxygen atoms in total. The van der Waals surface area contributed by atoms with E-state index in [1.807, 2.05) is 13.8 Å². The number of nitrogens with two attached hydrogens (primary N) is 1. The van der Waals surface area contributed by atoms with Gasteiger partial charge < -0.3 is 15.8 Å². The molecule has 0 aromatic heterocycles. The van der Waals surface area contributed by atoms with E-state index in [1.54, 1.807) is 12.1 Å². The van der Waals surface area contributed by atoms with Gasteiger partial charge >= 0.3 is 5.97 Å². The number of benzene rings is 1. The first-order chi connectivity index (χ1) is 9.35. The highest BCUT2D eigenvalue weighted by atomic mass is 35.5. The maximum Gasteiger partial charge on any atom is 0.328 e. The van der Waals surface area contributed by atoms with Crippen LogP contribution in [0.25, 0.3) is 0 Å². The summed E-state index contributed by atoms with van der Waals surface area (Å²) in [6, 6.07) is 3.91. The molecule has 3 N–H and O–H groups in total. The molecular formula is C14H19ClN2O3. The van der Waals surface area contributed by atoms with Crippen LogP contribution < -0.4 is 11.1 Å². The minimum Gasteiger partial charge on any atom is -0.467 e. The van der Waals surface area contributed by atoms with E-state index in [0.717, 1.165) is 0 Å². The van der Waals surface area contributed by atoms with Crippen molar-refractivity contribution < 1.29 is 14.3 Å². The Kier molecular flexibility index (Phi) is 5.82. The Morgan fingerprint density at radius 1 is 1.40 bits per heavy atom. The molecule has 110 valence electrons. The molecule has 0 spiro atoms. The van der Waals surface area contributed by atoms with Gasteiger partial charge in [0.25, 0.3) is 5.91 Å². The van der Waals surface area contributed by atoms with Gasteiger partial charge in [0.05, 0.1) is 12.7 Å². The molecule has 1 atom stereocenters. The van der Waals surface area contributed by atoms with E-state index in [-0.39, 0.29) is 11.5 Å². The van der Waals surface area contributed by atoms with Crippen LogP contribution in [0.15, 0.2) is 18.2 Å². The summed E-state index contributed by atoms with van der Waals surface area (Å²) in [4.78, 5) is 23.8. The fourth-order valence-electron chi connectivity index (χ4n) is 1.79. The summed E-state index contributed by atoms with van der Waals surface area (Å²) in [5, 5.41) is 3.04. The third kappa shape index (κ3) is 4.42.